The molecular weight excluding hydrogens is 379 g/mol. The van der Waals surface area contributed by atoms with Crippen LogP contribution in [0.25, 0.3) is 0 Å². The fourth-order valence-corrected chi connectivity index (χ4v) is 5.21. The van der Waals surface area contributed by atoms with Gasteiger partial charge < -0.3 is 10.0 Å². The molecule has 152 valence electrons. The summed E-state index contributed by atoms with van der Waals surface area (Å²) in [7, 11) is -3.60. The average molecular weight is 408 g/mol. The molecule has 2 N–H and O–H groups in total. The van der Waals surface area contributed by atoms with Crippen molar-refractivity contribution in [3.8, 4) is 5.75 Å². The van der Waals surface area contributed by atoms with Crippen LogP contribution in [-0.2, 0) is 16.6 Å². The van der Waals surface area contributed by atoms with Gasteiger partial charge in [-0.25, -0.2) is 12.8 Å². The molecule has 0 atom stereocenters. The lowest BCUT2D eigenvalue weighted by atomic mass is 9.95. The lowest BCUT2D eigenvalue weighted by molar-refractivity contribution is -0.917. The molecule has 0 unspecified atom stereocenters. The molecule has 0 aliphatic carbocycles. The molecule has 1 heterocycles. The number of quaternary nitrogens is 1. The van der Waals surface area contributed by atoms with Crippen molar-refractivity contribution in [3.63, 3.8) is 0 Å². The maximum atomic E-state index is 13.1. The Hall–Kier alpha value is -1.96. The number of phenolic OH excluding ortho intramolecular Hbond substituents is 1. The first-order chi connectivity index (χ1) is 13.2. The molecule has 1 saturated heterocycles. The molecular formula is C21H28FN2O3S+. The van der Waals surface area contributed by atoms with E-state index in [-0.39, 0.29) is 4.90 Å². The van der Waals surface area contributed by atoms with Gasteiger partial charge in [0.1, 0.15) is 18.1 Å². The number of rotatable bonds is 5. The standard InChI is InChI=1S/C21H27FN2O3S/c1-15(2)20-13-17(21(25)12-16(20)3)14-23-8-10-24(11-9-23)28(26,27)19-6-4-18(22)5-7-19/h4-7,12-13,15,25H,8-11,14H2,1-3H3/p+1. The molecule has 7 heteroatoms. The Labute approximate surface area is 166 Å². The number of sulfonamides is 1. The summed E-state index contributed by atoms with van der Waals surface area (Å²) in [5.74, 6) is 0.231. The summed E-state index contributed by atoms with van der Waals surface area (Å²) < 4.78 is 40.0. The lowest BCUT2D eigenvalue weighted by Crippen LogP contribution is -3.13. The summed E-state index contributed by atoms with van der Waals surface area (Å²) in [5, 5.41) is 10.3. The van der Waals surface area contributed by atoms with Crippen LogP contribution in [0.2, 0.25) is 0 Å². The van der Waals surface area contributed by atoms with Crippen molar-refractivity contribution in [2.75, 3.05) is 26.2 Å². The van der Waals surface area contributed by atoms with Gasteiger partial charge >= 0.3 is 0 Å². The fourth-order valence-electron chi connectivity index (χ4n) is 3.76. The monoisotopic (exact) mass is 407 g/mol. The lowest BCUT2D eigenvalue weighted by Gasteiger charge is -2.31. The van der Waals surface area contributed by atoms with Crippen molar-refractivity contribution in [2.24, 2.45) is 0 Å². The Morgan fingerprint density at radius 1 is 1.14 bits per heavy atom. The van der Waals surface area contributed by atoms with Crippen LogP contribution in [0.3, 0.4) is 0 Å². The topological polar surface area (TPSA) is 62.1 Å². The zero-order chi connectivity index (χ0) is 20.5. The fraction of sp³-hybridized carbons (Fsp3) is 0.429. The summed E-state index contributed by atoms with van der Waals surface area (Å²) in [6, 6.07) is 8.84. The van der Waals surface area contributed by atoms with Gasteiger partial charge in [0, 0.05) is 5.56 Å². The SMILES string of the molecule is Cc1cc(O)c(C[NH+]2CCN(S(=O)(=O)c3ccc(F)cc3)CC2)cc1C(C)C. The number of aromatic hydroxyl groups is 1. The zero-order valence-corrected chi connectivity index (χ0v) is 17.4. The predicted octanol–water partition coefficient (Wildman–Crippen LogP) is 2.05. The molecule has 1 aliphatic rings. The highest BCUT2D eigenvalue weighted by atomic mass is 32.2. The maximum absolute atomic E-state index is 13.1. The summed E-state index contributed by atoms with van der Waals surface area (Å²) >= 11 is 0. The second kappa shape index (κ2) is 8.19. The van der Waals surface area contributed by atoms with Gasteiger partial charge in [-0.1, -0.05) is 13.8 Å². The van der Waals surface area contributed by atoms with Crippen LogP contribution in [0.4, 0.5) is 4.39 Å². The smallest absolute Gasteiger partial charge is 0.243 e. The van der Waals surface area contributed by atoms with E-state index in [0.29, 0.717) is 44.4 Å². The number of phenols is 1. The zero-order valence-electron chi connectivity index (χ0n) is 16.6. The molecule has 0 radical (unpaired) electrons. The number of hydrogen-bond donors (Lipinski definition) is 2. The Morgan fingerprint density at radius 3 is 2.32 bits per heavy atom. The molecule has 2 aromatic rings. The van der Waals surface area contributed by atoms with Crippen LogP contribution in [0.15, 0.2) is 41.3 Å². The second-order valence-corrected chi connectivity index (χ2v) is 9.71. The Morgan fingerprint density at radius 2 is 1.75 bits per heavy atom. The molecule has 0 spiro atoms. The van der Waals surface area contributed by atoms with E-state index in [4.69, 9.17) is 0 Å². The number of nitrogens with zero attached hydrogens (tertiary/aromatic N) is 1. The average Bonchev–Trinajstić information content (AvgIpc) is 2.64. The molecule has 3 rings (SSSR count). The summed E-state index contributed by atoms with van der Waals surface area (Å²) in [6.45, 7) is 9.05. The van der Waals surface area contributed by atoms with Crippen molar-refractivity contribution in [2.45, 2.75) is 38.1 Å². The quantitative estimate of drug-likeness (QED) is 0.798. The van der Waals surface area contributed by atoms with Crippen molar-refractivity contribution in [1.82, 2.24) is 4.31 Å². The molecule has 0 aromatic heterocycles. The third-order valence-electron chi connectivity index (χ3n) is 5.41. The number of hydrogen-bond acceptors (Lipinski definition) is 3. The van der Waals surface area contributed by atoms with Gasteiger partial charge in [-0.3, -0.25) is 0 Å². The van der Waals surface area contributed by atoms with Gasteiger partial charge in [-0.2, -0.15) is 4.31 Å². The number of halogens is 1. The van der Waals surface area contributed by atoms with Crippen LogP contribution < -0.4 is 4.90 Å². The summed E-state index contributed by atoms with van der Waals surface area (Å²) in [4.78, 5) is 1.36. The summed E-state index contributed by atoms with van der Waals surface area (Å²) in [5.41, 5.74) is 3.21. The first-order valence-corrected chi connectivity index (χ1v) is 11.0. The molecule has 2 aromatic carbocycles. The van der Waals surface area contributed by atoms with E-state index in [1.54, 1.807) is 0 Å². The Balaban J connectivity index is 1.68. The number of benzene rings is 2. The van der Waals surface area contributed by atoms with Crippen LogP contribution in [0.5, 0.6) is 5.75 Å². The van der Waals surface area contributed by atoms with Crippen LogP contribution in [0, 0.1) is 12.7 Å². The molecule has 5 nitrogen and oxygen atoms in total. The minimum atomic E-state index is -3.60. The predicted molar refractivity (Wildman–Crippen MR) is 106 cm³/mol. The van der Waals surface area contributed by atoms with Gasteiger partial charge in [-0.05, 0) is 60.4 Å². The highest BCUT2D eigenvalue weighted by molar-refractivity contribution is 7.89. The summed E-state index contributed by atoms with van der Waals surface area (Å²) in [6.07, 6.45) is 0. The van der Waals surface area contributed by atoms with Crippen molar-refractivity contribution < 1.29 is 22.8 Å². The van der Waals surface area contributed by atoms with E-state index in [1.165, 1.54) is 39.0 Å². The van der Waals surface area contributed by atoms with E-state index >= 15 is 0 Å². The van der Waals surface area contributed by atoms with Gasteiger partial charge in [0.2, 0.25) is 10.0 Å². The molecule has 1 fully saturated rings. The van der Waals surface area contributed by atoms with Crippen molar-refractivity contribution >= 4 is 10.0 Å². The third-order valence-corrected chi connectivity index (χ3v) is 7.32. The minimum absolute atomic E-state index is 0.120. The second-order valence-electron chi connectivity index (χ2n) is 7.78. The Kier molecular flexibility index (Phi) is 6.07. The molecule has 28 heavy (non-hydrogen) atoms. The number of aryl methyl sites for hydroxylation is 1. The first kappa shape index (κ1) is 20.8. The molecule has 1 aliphatic heterocycles. The van der Waals surface area contributed by atoms with Crippen molar-refractivity contribution in [1.29, 1.82) is 0 Å². The van der Waals surface area contributed by atoms with Gasteiger partial charge in [-0.15, -0.1) is 0 Å². The first-order valence-electron chi connectivity index (χ1n) is 9.60. The molecule has 0 amide bonds. The maximum Gasteiger partial charge on any atom is 0.243 e. The van der Waals surface area contributed by atoms with E-state index in [2.05, 4.69) is 19.9 Å². The van der Waals surface area contributed by atoms with Gasteiger partial charge in [0.05, 0.1) is 31.1 Å². The highest BCUT2D eigenvalue weighted by Crippen LogP contribution is 2.27. The highest BCUT2D eigenvalue weighted by Gasteiger charge is 2.30. The van der Waals surface area contributed by atoms with E-state index < -0.39 is 15.8 Å². The van der Waals surface area contributed by atoms with Crippen molar-refractivity contribution in [3.05, 3.63) is 58.9 Å². The third kappa shape index (κ3) is 4.37. The van der Waals surface area contributed by atoms with E-state index in [1.807, 2.05) is 13.0 Å². The van der Waals surface area contributed by atoms with Gasteiger partial charge in [0.25, 0.3) is 0 Å². The number of nitrogens with one attached hydrogen (secondary N) is 1. The van der Waals surface area contributed by atoms with Crippen LogP contribution in [-0.4, -0.2) is 44.0 Å². The largest absolute Gasteiger partial charge is 0.507 e. The molecule has 0 bridgehead atoms. The minimum Gasteiger partial charge on any atom is -0.507 e. The van der Waals surface area contributed by atoms with Crippen LogP contribution >= 0.6 is 0 Å². The van der Waals surface area contributed by atoms with Gasteiger partial charge in [0.15, 0.2) is 0 Å². The van der Waals surface area contributed by atoms with E-state index in [0.717, 1.165) is 11.1 Å². The normalized spacial score (nSPS) is 16.6. The molecule has 0 saturated carbocycles. The van der Waals surface area contributed by atoms with E-state index in [9.17, 15) is 17.9 Å². The number of piperazine rings is 1. The van der Waals surface area contributed by atoms with Crippen LogP contribution in [0.1, 0.15) is 36.5 Å². The Bertz CT molecular complexity index is 935.